The summed E-state index contributed by atoms with van der Waals surface area (Å²) in [5.41, 5.74) is 5.58. The Morgan fingerprint density at radius 2 is 1.09 bits per heavy atom. The third kappa shape index (κ3) is 3.97. The third-order valence-corrected chi connectivity index (χ3v) is 14.4. The van der Waals surface area contributed by atoms with Crippen LogP contribution in [-0.4, -0.2) is 12.6 Å². The lowest BCUT2D eigenvalue weighted by Crippen LogP contribution is -2.74. The highest BCUT2D eigenvalue weighted by Gasteiger charge is 2.43. The van der Waals surface area contributed by atoms with Crippen LogP contribution in [0.2, 0.25) is 0 Å². The summed E-state index contributed by atoms with van der Waals surface area (Å²) in [6.45, 7) is 0. The lowest BCUT2D eigenvalue weighted by Gasteiger charge is -2.34. The average Bonchev–Trinajstić information content (AvgIpc) is 3.69. The van der Waals surface area contributed by atoms with E-state index in [1.807, 2.05) is 18.2 Å². The van der Waals surface area contributed by atoms with E-state index < -0.39 is 8.07 Å². The highest BCUT2D eigenvalue weighted by atomic mass is 28.3. The number of hydrogen-bond donors (Lipinski definition) is 0. The van der Waals surface area contributed by atoms with Crippen LogP contribution in [0.15, 0.2) is 174 Å². The lowest BCUT2D eigenvalue weighted by atomic mass is 10.1. The molecule has 4 heteroatoms. The fraction of sp³-hybridized carbons (Fsp3) is 0. The van der Waals surface area contributed by atoms with Gasteiger partial charge in [0.1, 0.15) is 11.2 Å². The predicted molar refractivity (Wildman–Crippen MR) is 196 cm³/mol. The van der Waals surface area contributed by atoms with Gasteiger partial charge in [-0.2, -0.15) is 5.26 Å². The summed E-state index contributed by atoms with van der Waals surface area (Å²) in [6, 6.07) is 62.7. The second-order valence-electron chi connectivity index (χ2n) is 12.0. The van der Waals surface area contributed by atoms with Gasteiger partial charge in [0.2, 0.25) is 0 Å². The highest BCUT2D eigenvalue weighted by molar-refractivity contribution is 7.20. The first-order valence-corrected chi connectivity index (χ1v) is 17.8. The molecule has 47 heavy (non-hydrogen) atoms. The first kappa shape index (κ1) is 27.2. The molecule has 2 aromatic heterocycles. The lowest BCUT2D eigenvalue weighted by molar-refractivity contribution is 0.671. The van der Waals surface area contributed by atoms with Crippen molar-refractivity contribution in [2.24, 2.45) is 0 Å². The predicted octanol–water partition coefficient (Wildman–Crippen LogP) is 7.93. The summed E-state index contributed by atoms with van der Waals surface area (Å²) in [5, 5.41) is 19.4. The van der Waals surface area contributed by atoms with Gasteiger partial charge in [-0.25, -0.2) is 0 Å². The number of benzene rings is 7. The number of furan rings is 1. The molecule has 0 aliphatic carbocycles. The maximum Gasteiger partial charge on any atom is 0.184 e. The minimum atomic E-state index is -2.81. The van der Waals surface area contributed by atoms with Crippen molar-refractivity contribution in [1.29, 1.82) is 5.26 Å². The van der Waals surface area contributed by atoms with Crippen LogP contribution in [0.5, 0.6) is 0 Å². The molecule has 0 fully saturated rings. The second kappa shape index (κ2) is 10.7. The topological polar surface area (TPSA) is 41.9 Å². The van der Waals surface area contributed by atoms with E-state index in [0.29, 0.717) is 5.56 Å². The fourth-order valence-corrected chi connectivity index (χ4v) is 12.5. The number of rotatable bonds is 5. The van der Waals surface area contributed by atoms with Crippen molar-refractivity contribution in [2.75, 3.05) is 0 Å². The van der Waals surface area contributed by atoms with Gasteiger partial charge in [0.15, 0.2) is 8.07 Å². The Hall–Kier alpha value is -6.15. The fourth-order valence-electron chi connectivity index (χ4n) is 7.64. The van der Waals surface area contributed by atoms with Crippen LogP contribution >= 0.6 is 0 Å². The summed E-state index contributed by atoms with van der Waals surface area (Å²) in [6.07, 6.45) is 0. The molecular formula is C43H28N2OSi. The van der Waals surface area contributed by atoms with Crippen molar-refractivity contribution < 1.29 is 4.42 Å². The van der Waals surface area contributed by atoms with Gasteiger partial charge in [-0.1, -0.05) is 133 Å². The molecule has 9 rings (SSSR count). The molecular weight excluding hydrogens is 589 g/mol. The molecule has 0 radical (unpaired) electrons. The minimum absolute atomic E-state index is 0.681. The Morgan fingerprint density at radius 3 is 1.74 bits per heavy atom. The molecule has 0 bridgehead atoms. The Kier molecular flexibility index (Phi) is 6.21. The number of nitriles is 1. The van der Waals surface area contributed by atoms with E-state index in [4.69, 9.17) is 4.42 Å². The zero-order valence-corrected chi connectivity index (χ0v) is 26.5. The van der Waals surface area contributed by atoms with Crippen LogP contribution in [0, 0.1) is 11.3 Å². The SMILES string of the molecule is N#Cc1cccc2c1c1ccccc1n2-c1ccc2oc3c([Si](c4ccccc4)(c4ccccc4)c4ccccc4)cccc3c2c1. The quantitative estimate of drug-likeness (QED) is 0.146. The monoisotopic (exact) mass is 616 g/mol. The summed E-state index contributed by atoms with van der Waals surface area (Å²) in [4.78, 5) is 0. The molecule has 0 unspecified atom stereocenters. The minimum Gasteiger partial charge on any atom is -0.456 e. The number of fused-ring (bicyclic) bond motifs is 6. The first-order valence-electron chi connectivity index (χ1n) is 15.8. The molecule has 0 spiro atoms. The molecule has 7 aromatic carbocycles. The number of para-hydroxylation sites is 2. The van der Waals surface area contributed by atoms with Crippen LogP contribution in [0.25, 0.3) is 49.4 Å². The van der Waals surface area contributed by atoms with Crippen LogP contribution < -0.4 is 20.7 Å². The Balaban J connectivity index is 1.36. The van der Waals surface area contributed by atoms with Crippen LogP contribution in [0.1, 0.15) is 5.56 Å². The summed E-state index contributed by atoms with van der Waals surface area (Å²) in [5.74, 6) is 0. The highest BCUT2D eigenvalue weighted by Crippen LogP contribution is 2.36. The van der Waals surface area contributed by atoms with E-state index in [0.717, 1.165) is 49.4 Å². The van der Waals surface area contributed by atoms with E-state index in [-0.39, 0.29) is 0 Å². The van der Waals surface area contributed by atoms with Crippen molar-refractivity contribution in [2.45, 2.75) is 0 Å². The Labute approximate surface area is 273 Å². The van der Waals surface area contributed by atoms with Crippen molar-refractivity contribution in [3.8, 4) is 11.8 Å². The average molecular weight is 617 g/mol. The summed E-state index contributed by atoms with van der Waals surface area (Å²) >= 11 is 0. The van der Waals surface area contributed by atoms with E-state index in [2.05, 4.69) is 162 Å². The second-order valence-corrected chi connectivity index (χ2v) is 15.7. The molecule has 0 aliphatic heterocycles. The van der Waals surface area contributed by atoms with Crippen molar-refractivity contribution in [3.05, 3.63) is 175 Å². The van der Waals surface area contributed by atoms with Crippen molar-refractivity contribution in [1.82, 2.24) is 4.57 Å². The van der Waals surface area contributed by atoms with Crippen LogP contribution in [0.4, 0.5) is 0 Å². The largest absolute Gasteiger partial charge is 0.456 e. The third-order valence-electron chi connectivity index (χ3n) is 9.58. The Bertz CT molecular complexity index is 2530. The van der Waals surface area contributed by atoms with Gasteiger partial charge in [-0.05, 0) is 57.1 Å². The van der Waals surface area contributed by atoms with Gasteiger partial charge >= 0.3 is 0 Å². The molecule has 0 saturated heterocycles. The molecule has 2 heterocycles. The maximum atomic E-state index is 9.98. The smallest absolute Gasteiger partial charge is 0.184 e. The first-order chi connectivity index (χ1) is 23.3. The molecule has 0 N–H and O–H groups in total. The maximum absolute atomic E-state index is 9.98. The molecule has 0 aliphatic rings. The van der Waals surface area contributed by atoms with E-state index >= 15 is 0 Å². The summed E-state index contributed by atoms with van der Waals surface area (Å²) in [7, 11) is -2.81. The van der Waals surface area contributed by atoms with E-state index in [1.54, 1.807) is 0 Å². The Morgan fingerprint density at radius 1 is 0.511 bits per heavy atom. The van der Waals surface area contributed by atoms with Crippen molar-refractivity contribution in [3.63, 3.8) is 0 Å². The van der Waals surface area contributed by atoms with Gasteiger partial charge in [0, 0.05) is 27.2 Å². The molecule has 0 atom stereocenters. The van der Waals surface area contributed by atoms with Crippen LogP contribution in [0.3, 0.4) is 0 Å². The molecule has 220 valence electrons. The molecule has 0 saturated carbocycles. The van der Waals surface area contributed by atoms with Gasteiger partial charge in [0.05, 0.1) is 22.7 Å². The van der Waals surface area contributed by atoms with E-state index in [9.17, 15) is 5.26 Å². The number of nitrogens with zero attached hydrogens (tertiary/aromatic N) is 2. The van der Waals surface area contributed by atoms with Crippen molar-refractivity contribution >= 4 is 72.6 Å². The standard InChI is InChI=1S/C43H28N2OSi/c44-29-30-14-12-24-39-42(30)36-21-10-11-23-38(36)45(39)31-26-27-40-37(28-31)35-22-13-25-41(43(35)46-40)47(32-15-4-1-5-16-32,33-17-6-2-7-18-33)34-19-8-3-9-20-34/h1-28H. The molecule has 0 amide bonds. The van der Waals surface area contributed by atoms with Gasteiger partial charge in [-0.15, -0.1) is 0 Å². The van der Waals surface area contributed by atoms with Crippen LogP contribution in [-0.2, 0) is 0 Å². The zero-order chi connectivity index (χ0) is 31.4. The van der Waals surface area contributed by atoms with E-state index in [1.165, 1.54) is 20.7 Å². The van der Waals surface area contributed by atoms with Gasteiger partial charge in [-0.3, -0.25) is 0 Å². The number of aromatic nitrogens is 1. The molecule has 3 nitrogen and oxygen atoms in total. The van der Waals surface area contributed by atoms with Gasteiger partial charge < -0.3 is 8.98 Å². The van der Waals surface area contributed by atoms with Gasteiger partial charge in [0.25, 0.3) is 0 Å². The summed E-state index contributed by atoms with van der Waals surface area (Å²) < 4.78 is 9.19. The normalized spacial score (nSPS) is 11.8. The zero-order valence-electron chi connectivity index (χ0n) is 25.5. The number of hydrogen-bond acceptors (Lipinski definition) is 2. The molecule has 9 aromatic rings.